The fourth-order valence-electron chi connectivity index (χ4n) is 2.95. The third kappa shape index (κ3) is 1.49. The summed E-state index contributed by atoms with van der Waals surface area (Å²) in [6.45, 7) is 4.10. The number of hydrogen-bond acceptors (Lipinski definition) is 4. The lowest BCUT2D eigenvalue weighted by Gasteiger charge is -2.17. The Morgan fingerprint density at radius 1 is 1.47 bits per heavy atom. The van der Waals surface area contributed by atoms with E-state index in [1.54, 1.807) is 11.3 Å². The van der Waals surface area contributed by atoms with Crippen molar-refractivity contribution in [3.8, 4) is 0 Å². The maximum atomic E-state index is 12.0. The van der Waals surface area contributed by atoms with Crippen LogP contribution >= 0.6 is 11.3 Å². The lowest BCUT2D eigenvalue weighted by Crippen LogP contribution is -2.17. The summed E-state index contributed by atoms with van der Waals surface area (Å²) in [5.41, 5.74) is 1.88. The number of aromatic nitrogens is 4. The van der Waals surface area contributed by atoms with Gasteiger partial charge in [-0.3, -0.25) is 4.98 Å². The molecule has 0 bridgehead atoms. The van der Waals surface area contributed by atoms with E-state index in [0.717, 1.165) is 23.1 Å². The van der Waals surface area contributed by atoms with Crippen molar-refractivity contribution in [2.45, 2.75) is 33.1 Å². The molecule has 5 nitrogen and oxygen atoms in total. The summed E-state index contributed by atoms with van der Waals surface area (Å²) in [6, 6.07) is 0. The zero-order chi connectivity index (χ0) is 13.1. The Bertz CT molecular complexity index is 857. The van der Waals surface area contributed by atoms with Crippen molar-refractivity contribution in [1.82, 2.24) is 19.6 Å². The van der Waals surface area contributed by atoms with Gasteiger partial charge in [-0.1, -0.05) is 6.92 Å². The monoisotopic (exact) mass is 274 g/mol. The minimum atomic E-state index is -0.199. The van der Waals surface area contributed by atoms with Crippen molar-refractivity contribution < 1.29 is 0 Å². The summed E-state index contributed by atoms with van der Waals surface area (Å²) in [6.07, 6.45) is 3.41. The van der Waals surface area contributed by atoms with E-state index in [-0.39, 0.29) is 5.69 Å². The van der Waals surface area contributed by atoms with Crippen molar-refractivity contribution in [1.29, 1.82) is 0 Å². The standard InChI is InChI=1S/C13H14N4OS/c1-6-3-4-9-8(5-6)10-11-14-7(2)16-17(11)13(18)15-12(10)19-9/h6H,3-5H2,1-2H3,(H,15,18)/t6-/m0/s1. The van der Waals surface area contributed by atoms with Crippen molar-refractivity contribution in [3.05, 3.63) is 26.7 Å². The highest BCUT2D eigenvalue weighted by atomic mass is 32.1. The lowest BCUT2D eigenvalue weighted by atomic mass is 9.89. The van der Waals surface area contributed by atoms with Crippen LogP contribution in [-0.2, 0) is 12.8 Å². The molecule has 1 atom stereocenters. The Morgan fingerprint density at radius 3 is 3.16 bits per heavy atom. The molecule has 19 heavy (non-hydrogen) atoms. The number of hydrogen-bond donors (Lipinski definition) is 1. The molecule has 0 unspecified atom stereocenters. The van der Waals surface area contributed by atoms with Crippen molar-refractivity contribution in [2.24, 2.45) is 5.92 Å². The predicted molar refractivity (Wildman–Crippen MR) is 74.9 cm³/mol. The minimum Gasteiger partial charge on any atom is -0.297 e. The second-order valence-corrected chi connectivity index (χ2v) is 6.49. The maximum absolute atomic E-state index is 12.0. The molecule has 0 saturated carbocycles. The molecule has 0 radical (unpaired) electrons. The summed E-state index contributed by atoms with van der Waals surface area (Å²) in [5.74, 6) is 1.34. The predicted octanol–water partition coefficient (Wildman–Crippen LogP) is 2.07. The van der Waals surface area contributed by atoms with E-state index >= 15 is 0 Å². The molecule has 0 amide bonds. The van der Waals surface area contributed by atoms with E-state index in [4.69, 9.17) is 0 Å². The molecular weight excluding hydrogens is 260 g/mol. The highest BCUT2D eigenvalue weighted by Crippen LogP contribution is 2.38. The smallest absolute Gasteiger partial charge is 0.297 e. The number of aromatic amines is 1. The van der Waals surface area contributed by atoms with Gasteiger partial charge < -0.3 is 0 Å². The number of H-pyrrole nitrogens is 1. The molecule has 1 N–H and O–H groups in total. The quantitative estimate of drug-likeness (QED) is 0.682. The summed E-state index contributed by atoms with van der Waals surface area (Å²) >= 11 is 1.70. The van der Waals surface area contributed by atoms with Gasteiger partial charge in [-0.15, -0.1) is 16.4 Å². The SMILES string of the molecule is Cc1nc2c3c4c(sc3[nH]c(=O)n2n1)CC[C@H](C)C4. The Labute approximate surface area is 113 Å². The summed E-state index contributed by atoms with van der Waals surface area (Å²) in [7, 11) is 0. The number of thiophene rings is 1. The number of aryl methyl sites for hydroxylation is 2. The molecule has 1 aliphatic carbocycles. The summed E-state index contributed by atoms with van der Waals surface area (Å²) in [4.78, 5) is 21.7. The van der Waals surface area contributed by atoms with Gasteiger partial charge in [0, 0.05) is 4.88 Å². The molecule has 3 aromatic rings. The van der Waals surface area contributed by atoms with Gasteiger partial charge in [0.25, 0.3) is 0 Å². The topological polar surface area (TPSA) is 63.0 Å². The first-order valence-electron chi connectivity index (χ1n) is 6.53. The molecule has 0 saturated heterocycles. The van der Waals surface area contributed by atoms with Crippen LogP contribution in [0.3, 0.4) is 0 Å². The molecule has 3 heterocycles. The van der Waals surface area contributed by atoms with Crippen molar-refractivity contribution in [2.75, 3.05) is 0 Å². The average Bonchev–Trinajstić information content (AvgIpc) is 2.89. The highest BCUT2D eigenvalue weighted by Gasteiger charge is 2.23. The normalized spacial score (nSPS) is 19.2. The van der Waals surface area contributed by atoms with E-state index < -0.39 is 0 Å². The van der Waals surface area contributed by atoms with Crippen LogP contribution in [0.1, 0.15) is 29.6 Å². The van der Waals surface area contributed by atoms with Crippen LogP contribution in [-0.4, -0.2) is 19.6 Å². The average molecular weight is 274 g/mol. The molecule has 0 aromatic carbocycles. The number of fused-ring (bicyclic) bond motifs is 5. The third-order valence-corrected chi connectivity index (χ3v) is 5.06. The fourth-order valence-corrected chi connectivity index (χ4v) is 4.18. The molecule has 1 aliphatic rings. The molecule has 3 aromatic heterocycles. The lowest BCUT2D eigenvalue weighted by molar-refractivity contribution is 0.508. The zero-order valence-electron chi connectivity index (χ0n) is 10.9. The van der Waals surface area contributed by atoms with E-state index in [1.807, 2.05) is 6.92 Å². The van der Waals surface area contributed by atoms with Gasteiger partial charge in [-0.2, -0.15) is 4.52 Å². The Balaban J connectivity index is 2.19. The molecule has 4 rings (SSSR count). The second-order valence-electron chi connectivity index (χ2n) is 5.38. The Kier molecular flexibility index (Phi) is 2.15. The van der Waals surface area contributed by atoms with Gasteiger partial charge >= 0.3 is 5.69 Å². The molecule has 0 spiro atoms. The van der Waals surface area contributed by atoms with E-state index in [2.05, 4.69) is 22.0 Å². The van der Waals surface area contributed by atoms with Gasteiger partial charge in [-0.05, 0) is 37.7 Å². The summed E-state index contributed by atoms with van der Waals surface area (Å²) in [5, 5.41) is 5.28. The number of rotatable bonds is 0. The largest absolute Gasteiger partial charge is 0.349 e. The number of nitrogens with zero attached hydrogens (tertiary/aromatic N) is 3. The first kappa shape index (κ1) is 11.2. The van der Waals surface area contributed by atoms with E-state index in [0.29, 0.717) is 17.4 Å². The van der Waals surface area contributed by atoms with Gasteiger partial charge in [0.2, 0.25) is 0 Å². The molecule has 98 valence electrons. The van der Waals surface area contributed by atoms with Crippen LogP contribution in [0.25, 0.3) is 15.9 Å². The minimum absolute atomic E-state index is 0.199. The molecule has 0 fully saturated rings. The van der Waals surface area contributed by atoms with Crippen LogP contribution in [0.5, 0.6) is 0 Å². The van der Waals surface area contributed by atoms with Crippen LogP contribution in [0, 0.1) is 12.8 Å². The highest BCUT2D eigenvalue weighted by molar-refractivity contribution is 7.19. The Hall–Kier alpha value is -1.69. The van der Waals surface area contributed by atoms with Gasteiger partial charge in [0.05, 0.1) is 5.39 Å². The molecule has 0 aliphatic heterocycles. The molecule has 6 heteroatoms. The van der Waals surface area contributed by atoms with Gasteiger partial charge in [0.1, 0.15) is 10.7 Å². The second kappa shape index (κ2) is 3.66. The fraction of sp³-hybridized carbons (Fsp3) is 0.462. The van der Waals surface area contributed by atoms with Crippen LogP contribution in [0.4, 0.5) is 0 Å². The molecular formula is C13H14N4OS. The Morgan fingerprint density at radius 2 is 2.32 bits per heavy atom. The van der Waals surface area contributed by atoms with Crippen molar-refractivity contribution in [3.63, 3.8) is 0 Å². The first-order valence-corrected chi connectivity index (χ1v) is 7.35. The van der Waals surface area contributed by atoms with E-state index in [9.17, 15) is 4.79 Å². The number of nitrogens with one attached hydrogen (secondary N) is 1. The van der Waals surface area contributed by atoms with Gasteiger partial charge in [0.15, 0.2) is 5.65 Å². The zero-order valence-corrected chi connectivity index (χ0v) is 11.7. The maximum Gasteiger partial charge on any atom is 0.349 e. The third-order valence-electron chi connectivity index (χ3n) is 3.86. The van der Waals surface area contributed by atoms with Crippen LogP contribution < -0.4 is 5.69 Å². The van der Waals surface area contributed by atoms with Crippen LogP contribution in [0.2, 0.25) is 0 Å². The van der Waals surface area contributed by atoms with Crippen molar-refractivity contribution >= 4 is 27.2 Å². The van der Waals surface area contributed by atoms with E-state index in [1.165, 1.54) is 21.4 Å². The first-order chi connectivity index (χ1) is 9.13. The van der Waals surface area contributed by atoms with Crippen LogP contribution in [0.15, 0.2) is 4.79 Å². The van der Waals surface area contributed by atoms with Gasteiger partial charge in [-0.25, -0.2) is 9.78 Å². The summed E-state index contributed by atoms with van der Waals surface area (Å²) < 4.78 is 1.39.